The van der Waals surface area contributed by atoms with E-state index in [0.717, 1.165) is 43.8 Å². The molecule has 0 aromatic carbocycles. The maximum atomic E-state index is 6.11. The van der Waals surface area contributed by atoms with Crippen LogP contribution >= 0.6 is 0 Å². The smallest absolute Gasteiger partial charge is 0.125 e. The lowest BCUT2D eigenvalue weighted by molar-refractivity contribution is 0.0961. The van der Waals surface area contributed by atoms with Crippen molar-refractivity contribution in [2.24, 2.45) is 0 Å². The largest absolute Gasteiger partial charge is 0.490 e. The van der Waals surface area contributed by atoms with E-state index >= 15 is 0 Å². The molecule has 0 atom stereocenters. The van der Waals surface area contributed by atoms with Gasteiger partial charge in [-0.15, -0.1) is 0 Å². The molecule has 3 heterocycles. The van der Waals surface area contributed by atoms with Gasteiger partial charge >= 0.3 is 0 Å². The Morgan fingerprint density at radius 1 is 1.14 bits per heavy atom. The van der Waals surface area contributed by atoms with Crippen molar-refractivity contribution in [2.75, 3.05) is 13.1 Å². The quantitative estimate of drug-likeness (QED) is 0.865. The molecule has 1 aliphatic rings. The fourth-order valence-corrected chi connectivity index (χ4v) is 2.71. The van der Waals surface area contributed by atoms with Crippen LogP contribution in [0.1, 0.15) is 24.0 Å². The van der Waals surface area contributed by atoms with Gasteiger partial charge < -0.3 is 4.74 Å². The molecule has 0 bridgehead atoms. The predicted octanol–water partition coefficient (Wildman–Crippen LogP) is 2.83. The summed E-state index contributed by atoms with van der Waals surface area (Å²) in [6.07, 6.45) is 9.87. The van der Waals surface area contributed by atoms with E-state index in [0.29, 0.717) is 6.10 Å². The SMILES string of the molecule is Cc1cnccc1OC1CCN(Cc2cccnc2)CC1. The number of likely N-dealkylation sites (tertiary alicyclic amines) is 1. The summed E-state index contributed by atoms with van der Waals surface area (Å²) in [5, 5.41) is 0. The Morgan fingerprint density at radius 3 is 2.67 bits per heavy atom. The first-order chi connectivity index (χ1) is 10.3. The van der Waals surface area contributed by atoms with Gasteiger partial charge in [-0.05, 0) is 37.5 Å². The molecule has 0 amide bonds. The third-order valence-corrected chi connectivity index (χ3v) is 3.93. The van der Waals surface area contributed by atoms with Gasteiger partial charge in [-0.25, -0.2) is 0 Å². The molecule has 2 aromatic heterocycles. The average molecular weight is 283 g/mol. The number of hydrogen-bond acceptors (Lipinski definition) is 4. The van der Waals surface area contributed by atoms with Gasteiger partial charge in [0, 0.05) is 50.0 Å². The fraction of sp³-hybridized carbons (Fsp3) is 0.412. The molecule has 0 N–H and O–H groups in total. The summed E-state index contributed by atoms with van der Waals surface area (Å²) in [6.45, 7) is 5.17. The van der Waals surface area contributed by atoms with Gasteiger partial charge in [-0.2, -0.15) is 0 Å². The van der Waals surface area contributed by atoms with Gasteiger partial charge in [0.15, 0.2) is 0 Å². The van der Waals surface area contributed by atoms with Crippen LogP contribution in [0.25, 0.3) is 0 Å². The second kappa shape index (κ2) is 6.68. The molecule has 3 rings (SSSR count). The summed E-state index contributed by atoms with van der Waals surface area (Å²) in [6, 6.07) is 6.09. The lowest BCUT2D eigenvalue weighted by Crippen LogP contribution is -2.37. The number of pyridine rings is 2. The Morgan fingerprint density at radius 2 is 1.95 bits per heavy atom. The van der Waals surface area contributed by atoms with Crippen LogP contribution in [0.3, 0.4) is 0 Å². The van der Waals surface area contributed by atoms with Crippen molar-refractivity contribution in [1.29, 1.82) is 0 Å². The monoisotopic (exact) mass is 283 g/mol. The minimum absolute atomic E-state index is 0.316. The van der Waals surface area contributed by atoms with Gasteiger partial charge in [0.25, 0.3) is 0 Å². The molecule has 1 aliphatic heterocycles. The van der Waals surface area contributed by atoms with E-state index in [-0.39, 0.29) is 0 Å². The van der Waals surface area contributed by atoms with Gasteiger partial charge in [0.1, 0.15) is 11.9 Å². The molecule has 1 saturated heterocycles. The molecular weight excluding hydrogens is 262 g/mol. The normalized spacial score (nSPS) is 16.8. The Kier molecular flexibility index (Phi) is 4.46. The number of piperidine rings is 1. The third kappa shape index (κ3) is 3.79. The van der Waals surface area contributed by atoms with E-state index in [9.17, 15) is 0 Å². The second-order valence-electron chi connectivity index (χ2n) is 5.60. The Balaban J connectivity index is 1.50. The van der Waals surface area contributed by atoms with E-state index in [4.69, 9.17) is 4.74 Å². The zero-order chi connectivity index (χ0) is 14.5. The minimum Gasteiger partial charge on any atom is -0.490 e. The molecule has 0 radical (unpaired) electrons. The van der Waals surface area contributed by atoms with Crippen LogP contribution in [0.4, 0.5) is 0 Å². The molecule has 21 heavy (non-hydrogen) atoms. The minimum atomic E-state index is 0.316. The highest BCUT2D eigenvalue weighted by Crippen LogP contribution is 2.22. The Bertz CT molecular complexity index is 565. The van der Waals surface area contributed by atoms with E-state index in [1.54, 1.807) is 6.20 Å². The maximum Gasteiger partial charge on any atom is 0.125 e. The van der Waals surface area contributed by atoms with Crippen LogP contribution in [0.2, 0.25) is 0 Å². The predicted molar refractivity (Wildman–Crippen MR) is 82.1 cm³/mol. The summed E-state index contributed by atoms with van der Waals surface area (Å²) in [5.41, 5.74) is 2.39. The number of aryl methyl sites for hydroxylation is 1. The number of nitrogens with zero attached hydrogens (tertiary/aromatic N) is 3. The molecule has 110 valence electrons. The number of hydrogen-bond donors (Lipinski definition) is 0. The highest BCUT2D eigenvalue weighted by atomic mass is 16.5. The van der Waals surface area contributed by atoms with Crippen LogP contribution in [0.5, 0.6) is 5.75 Å². The van der Waals surface area contributed by atoms with Crippen molar-refractivity contribution in [2.45, 2.75) is 32.4 Å². The summed E-state index contributed by atoms with van der Waals surface area (Å²) >= 11 is 0. The van der Waals surface area contributed by atoms with Crippen LogP contribution in [0.15, 0.2) is 43.0 Å². The van der Waals surface area contributed by atoms with Gasteiger partial charge in [0.05, 0.1) is 0 Å². The Labute approximate surface area is 125 Å². The lowest BCUT2D eigenvalue weighted by Gasteiger charge is -2.32. The third-order valence-electron chi connectivity index (χ3n) is 3.93. The molecule has 0 aliphatic carbocycles. The van der Waals surface area contributed by atoms with Crippen LogP contribution in [-0.2, 0) is 6.54 Å². The van der Waals surface area contributed by atoms with Crippen LogP contribution in [-0.4, -0.2) is 34.1 Å². The molecule has 0 spiro atoms. The fourth-order valence-electron chi connectivity index (χ4n) is 2.71. The van der Waals surface area contributed by atoms with Crippen LogP contribution in [0, 0.1) is 6.92 Å². The van der Waals surface area contributed by atoms with Crippen molar-refractivity contribution in [1.82, 2.24) is 14.9 Å². The van der Waals surface area contributed by atoms with Crippen molar-refractivity contribution in [3.63, 3.8) is 0 Å². The summed E-state index contributed by atoms with van der Waals surface area (Å²) in [4.78, 5) is 10.7. The highest BCUT2D eigenvalue weighted by Gasteiger charge is 2.21. The Hall–Kier alpha value is -1.94. The van der Waals surface area contributed by atoms with E-state index in [2.05, 4.69) is 20.9 Å². The number of ether oxygens (including phenoxy) is 1. The lowest BCUT2D eigenvalue weighted by atomic mass is 10.1. The number of aromatic nitrogens is 2. The molecular formula is C17H21N3O. The van der Waals surface area contributed by atoms with E-state index in [1.807, 2.05) is 37.6 Å². The molecule has 4 nitrogen and oxygen atoms in total. The average Bonchev–Trinajstić information content (AvgIpc) is 2.52. The van der Waals surface area contributed by atoms with Crippen molar-refractivity contribution >= 4 is 0 Å². The summed E-state index contributed by atoms with van der Waals surface area (Å²) in [7, 11) is 0. The first-order valence-electron chi connectivity index (χ1n) is 7.50. The first-order valence-corrected chi connectivity index (χ1v) is 7.50. The zero-order valence-electron chi connectivity index (χ0n) is 12.4. The molecule has 0 saturated carbocycles. The van der Waals surface area contributed by atoms with Crippen molar-refractivity contribution in [3.8, 4) is 5.75 Å². The topological polar surface area (TPSA) is 38.2 Å². The van der Waals surface area contributed by atoms with Gasteiger partial charge in [0.2, 0.25) is 0 Å². The molecule has 4 heteroatoms. The molecule has 1 fully saturated rings. The standard InChI is InChI=1S/C17H21N3O/c1-14-11-19-8-4-17(14)21-16-5-9-20(10-6-16)13-15-3-2-7-18-12-15/h2-4,7-8,11-12,16H,5-6,9-10,13H2,1H3. The first kappa shape index (κ1) is 14.0. The zero-order valence-corrected chi connectivity index (χ0v) is 12.4. The second-order valence-corrected chi connectivity index (χ2v) is 5.60. The van der Waals surface area contributed by atoms with Gasteiger partial charge in [-0.3, -0.25) is 14.9 Å². The highest BCUT2D eigenvalue weighted by molar-refractivity contribution is 5.28. The van der Waals surface area contributed by atoms with Crippen molar-refractivity contribution < 1.29 is 4.74 Å². The van der Waals surface area contributed by atoms with E-state index in [1.165, 1.54) is 5.56 Å². The van der Waals surface area contributed by atoms with E-state index < -0.39 is 0 Å². The van der Waals surface area contributed by atoms with Crippen molar-refractivity contribution in [3.05, 3.63) is 54.1 Å². The maximum absolute atomic E-state index is 6.11. The van der Waals surface area contributed by atoms with Crippen LogP contribution < -0.4 is 4.74 Å². The summed E-state index contributed by atoms with van der Waals surface area (Å²) in [5.74, 6) is 0.968. The summed E-state index contributed by atoms with van der Waals surface area (Å²) < 4.78 is 6.11. The number of rotatable bonds is 4. The van der Waals surface area contributed by atoms with Gasteiger partial charge in [-0.1, -0.05) is 6.07 Å². The molecule has 0 unspecified atom stereocenters. The molecule has 2 aromatic rings.